The van der Waals surface area contributed by atoms with Gasteiger partial charge in [-0.25, -0.2) is 9.97 Å². The number of para-hydroxylation sites is 1. The van der Waals surface area contributed by atoms with Crippen LogP contribution >= 0.6 is 0 Å². The highest BCUT2D eigenvalue weighted by Crippen LogP contribution is 2.25. The highest BCUT2D eigenvalue weighted by atomic mass is 16.6. The van der Waals surface area contributed by atoms with Crippen LogP contribution in [0, 0.1) is 6.92 Å². The Balaban J connectivity index is 1.97. The van der Waals surface area contributed by atoms with Crippen molar-refractivity contribution in [2.45, 2.75) is 13.3 Å². The summed E-state index contributed by atoms with van der Waals surface area (Å²) in [6.07, 6.45) is 2.48. The molecule has 1 aromatic heterocycles. The van der Waals surface area contributed by atoms with Gasteiger partial charge in [0.1, 0.15) is 19.2 Å². The monoisotopic (exact) mass is 325 g/mol. The van der Waals surface area contributed by atoms with E-state index in [4.69, 9.17) is 9.57 Å². The van der Waals surface area contributed by atoms with E-state index in [2.05, 4.69) is 25.4 Å². The molecule has 0 aliphatic carbocycles. The van der Waals surface area contributed by atoms with Gasteiger partial charge in [-0.15, -0.1) is 0 Å². The zero-order valence-corrected chi connectivity index (χ0v) is 13.7. The van der Waals surface area contributed by atoms with Crippen LogP contribution in [0.1, 0.15) is 17.7 Å². The SMILES string of the molecule is CON=C(C1=NCCCN1)c1ccccc1Oc1cc(C)ncn1. The van der Waals surface area contributed by atoms with Crippen molar-refractivity contribution in [2.24, 2.45) is 10.1 Å². The molecule has 1 aliphatic rings. The Morgan fingerprint density at radius 2 is 2.12 bits per heavy atom. The summed E-state index contributed by atoms with van der Waals surface area (Å²) in [5.74, 6) is 1.81. The predicted octanol–water partition coefficient (Wildman–Crippen LogP) is 2.32. The maximum atomic E-state index is 5.94. The van der Waals surface area contributed by atoms with Crippen LogP contribution in [0.25, 0.3) is 0 Å². The van der Waals surface area contributed by atoms with Gasteiger partial charge in [0.2, 0.25) is 5.88 Å². The average molecular weight is 325 g/mol. The molecule has 0 fully saturated rings. The molecule has 0 saturated heterocycles. The Hall–Kier alpha value is -2.96. The van der Waals surface area contributed by atoms with E-state index in [1.54, 1.807) is 6.07 Å². The quantitative estimate of drug-likeness (QED) is 0.674. The fourth-order valence-corrected chi connectivity index (χ4v) is 2.35. The van der Waals surface area contributed by atoms with Gasteiger partial charge >= 0.3 is 0 Å². The normalized spacial score (nSPS) is 14.6. The van der Waals surface area contributed by atoms with E-state index in [-0.39, 0.29) is 0 Å². The number of hydrogen-bond donors (Lipinski definition) is 1. The van der Waals surface area contributed by atoms with Crippen LogP contribution in [0.15, 0.2) is 46.8 Å². The second-order valence-corrected chi connectivity index (χ2v) is 5.23. The molecular formula is C17H19N5O2. The largest absolute Gasteiger partial charge is 0.438 e. The van der Waals surface area contributed by atoms with Gasteiger partial charge in [-0.3, -0.25) is 4.99 Å². The van der Waals surface area contributed by atoms with E-state index < -0.39 is 0 Å². The van der Waals surface area contributed by atoms with Crippen LogP contribution in [0.5, 0.6) is 11.6 Å². The molecule has 0 spiro atoms. The van der Waals surface area contributed by atoms with Gasteiger partial charge < -0.3 is 14.9 Å². The number of oxime groups is 1. The number of aliphatic imine (C=N–C) groups is 1. The standard InChI is InChI=1S/C17H19N5O2/c1-12-10-15(21-11-20-12)24-14-7-4-3-6-13(14)16(22-23-2)17-18-8-5-9-19-17/h3-4,6-7,10-11H,5,8-9H2,1-2H3,(H,18,19). The van der Waals surface area contributed by atoms with Crippen LogP contribution in [0.2, 0.25) is 0 Å². The minimum absolute atomic E-state index is 0.477. The number of rotatable bonds is 5. The lowest BCUT2D eigenvalue weighted by Crippen LogP contribution is -2.36. The van der Waals surface area contributed by atoms with E-state index in [1.807, 2.05) is 31.2 Å². The Morgan fingerprint density at radius 1 is 1.25 bits per heavy atom. The van der Waals surface area contributed by atoms with Crippen molar-refractivity contribution in [1.82, 2.24) is 15.3 Å². The molecule has 7 nitrogen and oxygen atoms in total. The van der Waals surface area contributed by atoms with Crippen molar-refractivity contribution in [3.05, 3.63) is 47.9 Å². The van der Waals surface area contributed by atoms with Crippen LogP contribution in [0.4, 0.5) is 0 Å². The number of ether oxygens (including phenoxy) is 1. The summed E-state index contributed by atoms with van der Waals surface area (Å²) in [6, 6.07) is 9.37. The molecule has 1 aliphatic heterocycles. The number of amidine groups is 1. The second-order valence-electron chi connectivity index (χ2n) is 5.23. The third-order valence-electron chi connectivity index (χ3n) is 3.44. The molecule has 1 aromatic carbocycles. The number of benzene rings is 1. The van der Waals surface area contributed by atoms with Crippen LogP contribution in [-0.4, -0.2) is 41.7 Å². The van der Waals surface area contributed by atoms with Crippen molar-refractivity contribution in [1.29, 1.82) is 0 Å². The van der Waals surface area contributed by atoms with Crippen LogP contribution in [0.3, 0.4) is 0 Å². The molecule has 7 heteroatoms. The maximum absolute atomic E-state index is 5.94. The summed E-state index contributed by atoms with van der Waals surface area (Å²) in [6.45, 7) is 3.51. The zero-order valence-electron chi connectivity index (χ0n) is 13.7. The van der Waals surface area contributed by atoms with Gasteiger partial charge in [0.25, 0.3) is 0 Å². The zero-order chi connectivity index (χ0) is 16.8. The van der Waals surface area contributed by atoms with E-state index in [0.717, 1.165) is 30.8 Å². The molecule has 0 unspecified atom stereocenters. The third kappa shape index (κ3) is 3.68. The van der Waals surface area contributed by atoms with Gasteiger partial charge in [0, 0.05) is 24.8 Å². The van der Waals surface area contributed by atoms with Gasteiger partial charge in [-0.05, 0) is 25.5 Å². The summed E-state index contributed by atoms with van der Waals surface area (Å²) in [7, 11) is 1.51. The summed E-state index contributed by atoms with van der Waals surface area (Å²) in [5.41, 5.74) is 2.23. The van der Waals surface area contributed by atoms with E-state index in [9.17, 15) is 0 Å². The lowest BCUT2D eigenvalue weighted by Gasteiger charge is -2.17. The lowest BCUT2D eigenvalue weighted by atomic mass is 10.1. The molecule has 3 rings (SSSR count). The van der Waals surface area contributed by atoms with Gasteiger partial charge in [-0.1, -0.05) is 17.3 Å². The Kier molecular flexibility index (Phi) is 5.00. The molecule has 124 valence electrons. The highest BCUT2D eigenvalue weighted by Gasteiger charge is 2.19. The molecule has 2 aromatic rings. The predicted molar refractivity (Wildman–Crippen MR) is 91.8 cm³/mol. The van der Waals surface area contributed by atoms with Crippen molar-refractivity contribution in [2.75, 3.05) is 20.2 Å². The first kappa shape index (κ1) is 15.9. The van der Waals surface area contributed by atoms with E-state index in [1.165, 1.54) is 13.4 Å². The average Bonchev–Trinajstić information content (AvgIpc) is 2.61. The summed E-state index contributed by atoms with van der Waals surface area (Å²) in [5, 5.41) is 7.41. The minimum atomic E-state index is 0.477. The molecule has 0 bridgehead atoms. The molecule has 0 atom stereocenters. The van der Waals surface area contributed by atoms with Crippen LogP contribution in [-0.2, 0) is 4.84 Å². The van der Waals surface area contributed by atoms with Crippen molar-refractivity contribution in [3.8, 4) is 11.6 Å². The van der Waals surface area contributed by atoms with Gasteiger partial charge in [0.05, 0.1) is 5.56 Å². The topological polar surface area (TPSA) is 81.0 Å². The first-order valence-corrected chi connectivity index (χ1v) is 7.73. The molecule has 0 amide bonds. The first-order valence-electron chi connectivity index (χ1n) is 7.73. The molecule has 1 N–H and O–H groups in total. The van der Waals surface area contributed by atoms with E-state index >= 15 is 0 Å². The van der Waals surface area contributed by atoms with Crippen molar-refractivity contribution >= 4 is 11.5 Å². The second kappa shape index (κ2) is 7.54. The molecule has 2 heterocycles. The molecular weight excluding hydrogens is 306 g/mol. The number of nitrogens with zero attached hydrogens (tertiary/aromatic N) is 4. The maximum Gasteiger partial charge on any atom is 0.222 e. The molecule has 24 heavy (non-hydrogen) atoms. The smallest absolute Gasteiger partial charge is 0.222 e. The lowest BCUT2D eigenvalue weighted by molar-refractivity contribution is 0.214. The Labute approximate surface area is 140 Å². The number of aromatic nitrogens is 2. The van der Waals surface area contributed by atoms with Gasteiger partial charge in [0.15, 0.2) is 11.5 Å². The fraction of sp³-hybridized carbons (Fsp3) is 0.294. The Bertz CT molecular complexity index is 773. The fourth-order valence-electron chi connectivity index (χ4n) is 2.35. The van der Waals surface area contributed by atoms with E-state index in [0.29, 0.717) is 23.2 Å². The molecule has 0 radical (unpaired) electrons. The summed E-state index contributed by atoms with van der Waals surface area (Å²) >= 11 is 0. The molecule has 0 saturated carbocycles. The number of nitrogens with one attached hydrogen (secondary N) is 1. The number of aryl methyl sites for hydroxylation is 1. The van der Waals surface area contributed by atoms with Crippen molar-refractivity contribution < 1.29 is 9.57 Å². The van der Waals surface area contributed by atoms with Gasteiger partial charge in [-0.2, -0.15) is 0 Å². The van der Waals surface area contributed by atoms with Crippen LogP contribution < -0.4 is 10.1 Å². The highest BCUT2D eigenvalue weighted by molar-refractivity contribution is 6.48. The summed E-state index contributed by atoms with van der Waals surface area (Å²) < 4.78 is 5.94. The van der Waals surface area contributed by atoms with Crippen molar-refractivity contribution in [3.63, 3.8) is 0 Å². The minimum Gasteiger partial charge on any atom is -0.438 e. The Morgan fingerprint density at radius 3 is 2.88 bits per heavy atom. The summed E-state index contributed by atoms with van der Waals surface area (Å²) in [4.78, 5) is 17.7. The first-order chi connectivity index (χ1) is 11.8. The number of hydrogen-bond acceptors (Lipinski definition) is 7. The third-order valence-corrected chi connectivity index (χ3v) is 3.44.